The van der Waals surface area contributed by atoms with E-state index in [4.69, 9.17) is 4.74 Å². The molecule has 1 fully saturated rings. The number of carbonyl (C=O) groups is 2. The van der Waals surface area contributed by atoms with Crippen LogP contribution >= 0.6 is 0 Å². The summed E-state index contributed by atoms with van der Waals surface area (Å²) in [4.78, 5) is 31.8. The summed E-state index contributed by atoms with van der Waals surface area (Å²) in [5.41, 5.74) is 3.10. The quantitative estimate of drug-likeness (QED) is 0.560. The Morgan fingerprint density at radius 3 is 2.71 bits per heavy atom. The number of fused-ring (bicyclic) bond motifs is 1. The van der Waals surface area contributed by atoms with E-state index in [1.807, 2.05) is 44.3 Å². The lowest BCUT2D eigenvalue weighted by Gasteiger charge is -2.26. The number of hydrogen-bond donors (Lipinski definition) is 3. The molecule has 0 atom stereocenters. The number of H-pyrrole nitrogens is 1. The van der Waals surface area contributed by atoms with Crippen LogP contribution in [0.4, 0.5) is 5.82 Å². The average Bonchev–Trinajstić information content (AvgIpc) is 3.31. The number of amides is 2. The number of carbonyl (C=O) groups excluding carboxylic acids is 2. The second kappa shape index (κ2) is 9.13. The van der Waals surface area contributed by atoms with Crippen LogP contribution in [0.1, 0.15) is 24.2 Å². The van der Waals surface area contributed by atoms with Crippen molar-refractivity contribution in [2.45, 2.75) is 19.9 Å². The number of rotatable bonds is 6. The van der Waals surface area contributed by atoms with E-state index in [0.29, 0.717) is 37.7 Å². The van der Waals surface area contributed by atoms with E-state index >= 15 is 0 Å². The monoisotopic (exact) mass is 422 g/mol. The molecule has 3 aromatic rings. The molecule has 1 saturated heterocycles. The minimum absolute atomic E-state index is 0.0625. The maximum Gasteiger partial charge on any atom is 0.255 e. The van der Waals surface area contributed by atoms with Gasteiger partial charge >= 0.3 is 0 Å². The molecule has 9 nitrogen and oxygen atoms in total. The van der Waals surface area contributed by atoms with Crippen LogP contribution in [0.25, 0.3) is 22.0 Å². The van der Waals surface area contributed by atoms with E-state index in [9.17, 15) is 9.59 Å². The summed E-state index contributed by atoms with van der Waals surface area (Å²) in [6.07, 6.45) is 3.56. The fourth-order valence-corrected chi connectivity index (χ4v) is 3.50. The topological polar surface area (TPSA) is 112 Å². The van der Waals surface area contributed by atoms with Gasteiger partial charge in [-0.2, -0.15) is 5.10 Å². The number of nitrogens with zero attached hydrogens (tertiary/aromatic N) is 3. The molecule has 31 heavy (non-hydrogen) atoms. The van der Waals surface area contributed by atoms with Gasteiger partial charge in [-0.05, 0) is 37.6 Å². The SMILES string of the molecule is CC(C)Nc1nc2ccc(-c3cn[nH]c3)cc2cc1C(=O)NCC(=O)N1CCOCC1. The van der Waals surface area contributed by atoms with E-state index in [0.717, 1.165) is 22.0 Å². The minimum atomic E-state index is -0.340. The summed E-state index contributed by atoms with van der Waals surface area (Å²) >= 11 is 0. The van der Waals surface area contributed by atoms with Gasteiger partial charge in [-0.3, -0.25) is 14.7 Å². The number of benzene rings is 1. The Balaban J connectivity index is 1.59. The largest absolute Gasteiger partial charge is 0.378 e. The molecular formula is C22H26N6O3. The van der Waals surface area contributed by atoms with Crippen LogP contribution in [-0.2, 0) is 9.53 Å². The summed E-state index contributed by atoms with van der Waals surface area (Å²) in [6.45, 7) is 6.04. The zero-order chi connectivity index (χ0) is 21.8. The number of nitrogens with one attached hydrogen (secondary N) is 3. The van der Waals surface area contributed by atoms with Gasteiger partial charge in [-0.25, -0.2) is 4.98 Å². The lowest BCUT2D eigenvalue weighted by Crippen LogP contribution is -2.45. The maximum absolute atomic E-state index is 13.0. The van der Waals surface area contributed by atoms with Crippen LogP contribution in [0.15, 0.2) is 36.7 Å². The summed E-state index contributed by atoms with van der Waals surface area (Å²) in [7, 11) is 0. The third-order valence-corrected chi connectivity index (χ3v) is 5.08. The Morgan fingerprint density at radius 2 is 2.00 bits per heavy atom. The number of aromatic nitrogens is 3. The van der Waals surface area contributed by atoms with Gasteiger partial charge in [-0.1, -0.05) is 6.07 Å². The van der Waals surface area contributed by atoms with Gasteiger partial charge in [0.2, 0.25) is 5.91 Å². The summed E-state index contributed by atoms with van der Waals surface area (Å²) in [5.74, 6) is 0.0359. The molecule has 2 amide bonds. The first kappa shape index (κ1) is 20.8. The van der Waals surface area contributed by atoms with Crippen molar-refractivity contribution in [2.75, 3.05) is 38.2 Å². The van der Waals surface area contributed by atoms with Crippen molar-refractivity contribution in [3.05, 3.63) is 42.2 Å². The summed E-state index contributed by atoms with van der Waals surface area (Å²) < 4.78 is 5.27. The van der Waals surface area contributed by atoms with Crippen LogP contribution in [0.2, 0.25) is 0 Å². The summed E-state index contributed by atoms with van der Waals surface area (Å²) in [6, 6.07) is 7.77. The zero-order valence-electron chi connectivity index (χ0n) is 17.6. The van der Waals surface area contributed by atoms with Gasteiger partial charge in [0.05, 0.1) is 37.0 Å². The molecule has 0 aliphatic carbocycles. The second-order valence-electron chi connectivity index (χ2n) is 7.75. The Hall–Kier alpha value is -3.46. The van der Waals surface area contributed by atoms with Crippen LogP contribution in [0, 0.1) is 0 Å². The third-order valence-electron chi connectivity index (χ3n) is 5.08. The molecule has 0 unspecified atom stereocenters. The highest BCUT2D eigenvalue weighted by Gasteiger charge is 2.20. The molecule has 0 radical (unpaired) electrons. The van der Waals surface area contributed by atoms with E-state index in [-0.39, 0.29) is 24.4 Å². The van der Waals surface area contributed by atoms with Gasteiger partial charge in [-0.15, -0.1) is 0 Å². The molecule has 2 aromatic heterocycles. The van der Waals surface area contributed by atoms with E-state index in [1.54, 1.807) is 11.1 Å². The van der Waals surface area contributed by atoms with Crippen molar-refractivity contribution in [2.24, 2.45) is 0 Å². The van der Waals surface area contributed by atoms with E-state index in [2.05, 4.69) is 25.8 Å². The molecule has 0 spiro atoms. The van der Waals surface area contributed by atoms with Crippen molar-refractivity contribution in [3.63, 3.8) is 0 Å². The number of anilines is 1. The predicted octanol–water partition coefficient (Wildman–Crippen LogP) is 2.03. The third kappa shape index (κ3) is 4.83. The van der Waals surface area contributed by atoms with Gasteiger partial charge in [0.15, 0.2) is 0 Å². The average molecular weight is 422 g/mol. The Kier molecular flexibility index (Phi) is 6.13. The summed E-state index contributed by atoms with van der Waals surface area (Å²) in [5, 5.41) is 13.6. The van der Waals surface area contributed by atoms with Crippen molar-refractivity contribution in [1.29, 1.82) is 0 Å². The highest BCUT2D eigenvalue weighted by molar-refractivity contribution is 6.03. The van der Waals surface area contributed by atoms with Crippen molar-refractivity contribution >= 4 is 28.5 Å². The first-order valence-electron chi connectivity index (χ1n) is 10.4. The Morgan fingerprint density at radius 1 is 1.19 bits per heavy atom. The maximum atomic E-state index is 13.0. The van der Waals surface area contributed by atoms with Crippen molar-refractivity contribution < 1.29 is 14.3 Å². The minimum Gasteiger partial charge on any atom is -0.378 e. The molecule has 4 rings (SSSR count). The normalized spacial score (nSPS) is 14.1. The smallest absolute Gasteiger partial charge is 0.255 e. The fraction of sp³-hybridized carbons (Fsp3) is 0.364. The molecule has 0 saturated carbocycles. The lowest BCUT2D eigenvalue weighted by molar-refractivity contribution is -0.134. The first-order chi connectivity index (χ1) is 15.0. The number of pyridine rings is 1. The number of ether oxygens (including phenoxy) is 1. The van der Waals surface area contributed by atoms with Crippen molar-refractivity contribution in [3.8, 4) is 11.1 Å². The first-order valence-corrected chi connectivity index (χ1v) is 10.4. The lowest BCUT2D eigenvalue weighted by atomic mass is 10.0. The zero-order valence-corrected chi connectivity index (χ0v) is 17.6. The number of aromatic amines is 1. The second-order valence-corrected chi connectivity index (χ2v) is 7.75. The molecule has 9 heteroatoms. The molecule has 1 aromatic carbocycles. The van der Waals surface area contributed by atoms with Crippen molar-refractivity contribution in [1.82, 2.24) is 25.4 Å². The van der Waals surface area contributed by atoms with Gasteiger partial charge in [0.25, 0.3) is 5.91 Å². The molecule has 1 aliphatic rings. The van der Waals surface area contributed by atoms with E-state index < -0.39 is 0 Å². The van der Waals surface area contributed by atoms with Crippen LogP contribution < -0.4 is 10.6 Å². The molecule has 162 valence electrons. The standard InChI is InChI=1S/C22H26N6O3/c1-14(2)26-21-18(22(30)23-13-20(29)28-5-7-31-8-6-28)10-16-9-15(3-4-19(16)27-21)17-11-24-25-12-17/h3-4,9-12,14H,5-8,13H2,1-2H3,(H,23,30)(H,24,25)(H,26,27). The highest BCUT2D eigenvalue weighted by Crippen LogP contribution is 2.26. The molecule has 0 bridgehead atoms. The molecule has 3 heterocycles. The van der Waals surface area contributed by atoms with E-state index in [1.165, 1.54) is 0 Å². The molecule has 1 aliphatic heterocycles. The predicted molar refractivity (Wildman–Crippen MR) is 118 cm³/mol. The Bertz CT molecular complexity index is 1070. The number of hydrogen-bond acceptors (Lipinski definition) is 6. The van der Waals surface area contributed by atoms with Crippen LogP contribution in [-0.4, -0.2) is 70.8 Å². The highest BCUT2D eigenvalue weighted by atomic mass is 16.5. The molecule has 3 N–H and O–H groups in total. The molecular weight excluding hydrogens is 396 g/mol. The van der Waals surface area contributed by atoms with Gasteiger partial charge in [0.1, 0.15) is 5.82 Å². The fourth-order valence-electron chi connectivity index (χ4n) is 3.50. The number of morpholine rings is 1. The van der Waals surface area contributed by atoms with Crippen LogP contribution in [0.3, 0.4) is 0 Å². The van der Waals surface area contributed by atoms with Crippen LogP contribution in [0.5, 0.6) is 0 Å². The Labute approximate surface area is 180 Å². The van der Waals surface area contributed by atoms with Gasteiger partial charge in [0, 0.05) is 36.3 Å². The van der Waals surface area contributed by atoms with Gasteiger partial charge < -0.3 is 20.3 Å².